The second-order valence-corrected chi connectivity index (χ2v) is 4.39. The molecule has 0 atom stereocenters. The highest BCUT2D eigenvalue weighted by atomic mass is 16.5. The first-order valence-corrected chi connectivity index (χ1v) is 6.78. The fourth-order valence-electron chi connectivity index (χ4n) is 2.12. The van der Waals surface area contributed by atoms with Gasteiger partial charge in [-0.25, -0.2) is 9.97 Å². The van der Waals surface area contributed by atoms with Crippen molar-refractivity contribution in [3.63, 3.8) is 0 Å². The maximum atomic E-state index is 5.40. The van der Waals surface area contributed by atoms with Crippen LogP contribution in [0.25, 0.3) is 0 Å². The lowest BCUT2D eigenvalue weighted by atomic mass is 10.4. The SMILES string of the molecule is CCNc1cc(N2CCCC2)nc(COCC)n1. The average molecular weight is 250 g/mol. The molecular weight excluding hydrogens is 228 g/mol. The zero-order valence-electron chi connectivity index (χ0n) is 11.3. The van der Waals surface area contributed by atoms with Crippen LogP contribution in [-0.2, 0) is 11.3 Å². The molecule has 1 fully saturated rings. The van der Waals surface area contributed by atoms with Gasteiger partial charge in [0.25, 0.3) is 0 Å². The topological polar surface area (TPSA) is 50.3 Å². The number of anilines is 2. The molecule has 0 aliphatic carbocycles. The minimum atomic E-state index is 0.483. The number of nitrogens with one attached hydrogen (secondary N) is 1. The van der Waals surface area contributed by atoms with Crippen LogP contribution < -0.4 is 10.2 Å². The molecule has 1 aliphatic heterocycles. The van der Waals surface area contributed by atoms with E-state index in [2.05, 4.69) is 27.1 Å². The molecule has 0 radical (unpaired) electrons. The van der Waals surface area contributed by atoms with Gasteiger partial charge in [0.05, 0.1) is 0 Å². The molecule has 0 unspecified atom stereocenters. The Bertz CT molecular complexity index is 377. The normalized spacial score (nSPS) is 15.1. The van der Waals surface area contributed by atoms with Gasteiger partial charge in [-0.05, 0) is 26.7 Å². The molecule has 1 aliphatic rings. The van der Waals surface area contributed by atoms with Crippen LogP contribution in [0.15, 0.2) is 6.07 Å². The highest BCUT2D eigenvalue weighted by Gasteiger charge is 2.15. The van der Waals surface area contributed by atoms with Gasteiger partial charge in [0.2, 0.25) is 0 Å². The summed E-state index contributed by atoms with van der Waals surface area (Å²) in [5.74, 6) is 2.68. The molecule has 1 aromatic rings. The monoisotopic (exact) mass is 250 g/mol. The maximum Gasteiger partial charge on any atom is 0.158 e. The standard InChI is InChI=1S/C13H22N4O/c1-3-14-11-9-13(17-7-5-6-8-17)16-12(15-11)10-18-4-2/h9H,3-8,10H2,1-2H3,(H,14,15,16). The molecule has 5 nitrogen and oxygen atoms in total. The summed E-state index contributed by atoms with van der Waals surface area (Å²) in [6.45, 7) is 8.28. The summed E-state index contributed by atoms with van der Waals surface area (Å²) >= 11 is 0. The van der Waals surface area contributed by atoms with Gasteiger partial charge in [-0.1, -0.05) is 0 Å². The van der Waals surface area contributed by atoms with Gasteiger partial charge in [-0.3, -0.25) is 0 Å². The molecule has 5 heteroatoms. The van der Waals surface area contributed by atoms with E-state index in [1.54, 1.807) is 0 Å². The summed E-state index contributed by atoms with van der Waals surface area (Å²) in [5.41, 5.74) is 0. The van der Waals surface area contributed by atoms with E-state index in [1.165, 1.54) is 12.8 Å². The molecule has 0 aromatic carbocycles. The Hall–Kier alpha value is -1.36. The van der Waals surface area contributed by atoms with Gasteiger partial charge in [0.15, 0.2) is 5.82 Å². The number of nitrogens with zero attached hydrogens (tertiary/aromatic N) is 3. The molecule has 18 heavy (non-hydrogen) atoms. The number of rotatable bonds is 6. The van der Waals surface area contributed by atoms with E-state index >= 15 is 0 Å². The van der Waals surface area contributed by atoms with E-state index < -0.39 is 0 Å². The van der Waals surface area contributed by atoms with E-state index in [4.69, 9.17) is 4.74 Å². The quantitative estimate of drug-likeness (QED) is 0.837. The molecule has 1 saturated heterocycles. The predicted octanol–water partition coefficient (Wildman–Crippen LogP) is 2.05. The van der Waals surface area contributed by atoms with Crippen LogP contribution in [0.1, 0.15) is 32.5 Å². The minimum absolute atomic E-state index is 0.483. The van der Waals surface area contributed by atoms with E-state index in [-0.39, 0.29) is 0 Å². The Balaban J connectivity index is 2.17. The molecular formula is C13H22N4O. The van der Waals surface area contributed by atoms with Gasteiger partial charge in [0, 0.05) is 32.3 Å². The van der Waals surface area contributed by atoms with Gasteiger partial charge in [-0.2, -0.15) is 0 Å². The second kappa shape index (κ2) is 6.54. The zero-order chi connectivity index (χ0) is 12.8. The van der Waals surface area contributed by atoms with Crippen molar-refractivity contribution < 1.29 is 4.74 Å². The molecule has 0 saturated carbocycles. The molecule has 100 valence electrons. The van der Waals surface area contributed by atoms with Crippen LogP contribution in [0.4, 0.5) is 11.6 Å². The average Bonchev–Trinajstić information content (AvgIpc) is 2.90. The van der Waals surface area contributed by atoms with Crippen molar-refractivity contribution in [2.24, 2.45) is 0 Å². The highest BCUT2D eigenvalue weighted by Crippen LogP contribution is 2.20. The third kappa shape index (κ3) is 3.32. The largest absolute Gasteiger partial charge is 0.374 e. The van der Waals surface area contributed by atoms with Crippen LogP contribution in [0.5, 0.6) is 0 Å². The first-order chi connectivity index (χ1) is 8.83. The predicted molar refractivity (Wildman–Crippen MR) is 73.0 cm³/mol. The highest BCUT2D eigenvalue weighted by molar-refractivity contribution is 5.49. The summed E-state index contributed by atoms with van der Waals surface area (Å²) in [4.78, 5) is 11.4. The molecule has 0 spiro atoms. The van der Waals surface area contributed by atoms with E-state index in [9.17, 15) is 0 Å². The lowest BCUT2D eigenvalue weighted by Crippen LogP contribution is -2.20. The third-order valence-electron chi connectivity index (χ3n) is 2.98. The number of hydrogen-bond donors (Lipinski definition) is 1. The fourth-order valence-corrected chi connectivity index (χ4v) is 2.12. The summed E-state index contributed by atoms with van der Waals surface area (Å²) in [6.07, 6.45) is 2.50. The summed E-state index contributed by atoms with van der Waals surface area (Å²) < 4.78 is 5.40. The zero-order valence-corrected chi connectivity index (χ0v) is 11.3. The van der Waals surface area contributed by atoms with Gasteiger partial charge >= 0.3 is 0 Å². The van der Waals surface area contributed by atoms with Crippen molar-refractivity contribution in [2.75, 3.05) is 36.5 Å². The lowest BCUT2D eigenvalue weighted by molar-refractivity contribution is 0.128. The fraction of sp³-hybridized carbons (Fsp3) is 0.692. The first kappa shape index (κ1) is 13.1. The molecule has 1 aromatic heterocycles. The van der Waals surface area contributed by atoms with E-state index in [1.807, 2.05) is 13.0 Å². The Kier molecular flexibility index (Phi) is 4.75. The van der Waals surface area contributed by atoms with Crippen LogP contribution in [-0.4, -0.2) is 36.2 Å². The minimum Gasteiger partial charge on any atom is -0.374 e. The number of ether oxygens (including phenoxy) is 1. The summed E-state index contributed by atoms with van der Waals surface area (Å²) in [6, 6.07) is 2.03. The van der Waals surface area contributed by atoms with Crippen molar-refractivity contribution in [1.82, 2.24) is 9.97 Å². The van der Waals surface area contributed by atoms with Crippen LogP contribution in [0.3, 0.4) is 0 Å². The molecule has 1 N–H and O–H groups in total. The lowest BCUT2D eigenvalue weighted by Gasteiger charge is -2.18. The summed E-state index contributed by atoms with van der Waals surface area (Å²) in [5, 5.41) is 3.25. The van der Waals surface area contributed by atoms with Crippen LogP contribution in [0.2, 0.25) is 0 Å². The molecule has 2 heterocycles. The first-order valence-electron chi connectivity index (χ1n) is 6.78. The van der Waals surface area contributed by atoms with Crippen molar-refractivity contribution in [3.8, 4) is 0 Å². The maximum absolute atomic E-state index is 5.40. The second-order valence-electron chi connectivity index (χ2n) is 4.39. The van der Waals surface area contributed by atoms with Crippen molar-refractivity contribution in [3.05, 3.63) is 11.9 Å². The van der Waals surface area contributed by atoms with Crippen LogP contribution in [0, 0.1) is 0 Å². The Morgan fingerprint density at radius 1 is 1.28 bits per heavy atom. The molecule has 0 amide bonds. The molecule has 2 rings (SSSR count). The van der Waals surface area contributed by atoms with Crippen molar-refractivity contribution in [2.45, 2.75) is 33.3 Å². The van der Waals surface area contributed by atoms with Gasteiger partial charge in [-0.15, -0.1) is 0 Å². The van der Waals surface area contributed by atoms with E-state index in [0.717, 1.165) is 37.1 Å². The van der Waals surface area contributed by atoms with Gasteiger partial charge < -0.3 is 15.0 Å². The van der Waals surface area contributed by atoms with Gasteiger partial charge in [0.1, 0.15) is 18.2 Å². The smallest absolute Gasteiger partial charge is 0.158 e. The third-order valence-corrected chi connectivity index (χ3v) is 2.98. The van der Waals surface area contributed by atoms with E-state index in [0.29, 0.717) is 13.2 Å². The Labute approximate surface area is 109 Å². The Morgan fingerprint density at radius 3 is 2.72 bits per heavy atom. The number of aromatic nitrogens is 2. The van der Waals surface area contributed by atoms with Crippen LogP contribution >= 0.6 is 0 Å². The summed E-state index contributed by atoms with van der Waals surface area (Å²) in [7, 11) is 0. The number of hydrogen-bond acceptors (Lipinski definition) is 5. The van der Waals surface area contributed by atoms with Crippen molar-refractivity contribution in [1.29, 1.82) is 0 Å². The van der Waals surface area contributed by atoms with Crippen molar-refractivity contribution >= 4 is 11.6 Å². The molecule has 0 bridgehead atoms. The Morgan fingerprint density at radius 2 is 2.06 bits per heavy atom.